The third-order valence-electron chi connectivity index (χ3n) is 4.68. The number of ether oxygens (including phenoxy) is 1. The molecule has 0 radical (unpaired) electrons. The molecule has 1 fully saturated rings. The number of rotatable bonds is 3. The first-order valence-corrected chi connectivity index (χ1v) is 11.3. The van der Waals surface area contributed by atoms with E-state index in [1.54, 1.807) is 32.0 Å². The molecular weight excluding hydrogens is 436 g/mol. The summed E-state index contributed by atoms with van der Waals surface area (Å²) in [7, 11) is -2.26. The van der Waals surface area contributed by atoms with Gasteiger partial charge in [-0.25, -0.2) is 4.79 Å². The smallest absolute Gasteiger partial charge is 0.448 e. The number of halogens is 2. The molecule has 0 saturated carbocycles. The fourth-order valence-corrected chi connectivity index (χ4v) is 5.98. The molecule has 0 spiro atoms. The van der Waals surface area contributed by atoms with Gasteiger partial charge in [-0.15, -0.1) is 0 Å². The lowest BCUT2D eigenvalue weighted by Crippen LogP contribution is -2.36. The van der Waals surface area contributed by atoms with Gasteiger partial charge in [-0.3, -0.25) is 4.98 Å². The first-order valence-electron chi connectivity index (χ1n) is 8.96. The van der Waals surface area contributed by atoms with E-state index in [0.717, 1.165) is 0 Å². The van der Waals surface area contributed by atoms with Crippen molar-refractivity contribution in [3.05, 3.63) is 45.2 Å². The van der Waals surface area contributed by atoms with Crippen molar-refractivity contribution in [1.29, 1.82) is 0 Å². The van der Waals surface area contributed by atoms with Crippen molar-refractivity contribution in [2.24, 2.45) is 5.41 Å². The zero-order valence-corrected chi connectivity index (χ0v) is 19.3. The van der Waals surface area contributed by atoms with E-state index in [2.05, 4.69) is 4.98 Å². The molecule has 2 heterocycles. The molecule has 0 atom stereocenters. The Bertz CT molecular complexity index is 970. The van der Waals surface area contributed by atoms with E-state index in [4.69, 9.17) is 37.0 Å². The Labute approximate surface area is 180 Å². The quantitative estimate of drug-likeness (QED) is 0.519. The highest BCUT2D eigenvalue weighted by Gasteiger charge is 2.55. The number of methoxy groups -OCH3 is 1. The highest BCUT2D eigenvalue weighted by Crippen LogP contribution is 2.62. The van der Waals surface area contributed by atoms with Gasteiger partial charge < -0.3 is 4.74 Å². The van der Waals surface area contributed by atoms with Gasteiger partial charge in [0.05, 0.1) is 39.7 Å². The molecule has 2 aromatic rings. The fraction of sp³-hybridized carbons (Fsp3) is 0.400. The highest BCUT2D eigenvalue weighted by atomic mass is 35.5. The molecule has 9 heteroatoms. The van der Waals surface area contributed by atoms with Crippen molar-refractivity contribution >= 4 is 42.4 Å². The minimum absolute atomic E-state index is 0.183. The number of aryl methyl sites for hydroxylation is 2. The summed E-state index contributed by atoms with van der Waals surface area (Å²) >= 11 is 12.7. The fourth-order valence-electron chi connectivity index (χ4n) is 3.23. The van der Waals surface area contributed by atoms with Crippen molar-refractivity contribution in [2.75, 3.05) is 20.3 Å². The molecule has 1 aromatic heterocycles. The van der Waals surface area contributed by atoms with E-state index < -0.39 is 13.9 Å². The van der Waals surface area contributed by atoms with E-state index in [1.165, 1.54) is 7.11 Å². The number of pyridine rings is 1. The maximum atomic E-state index is 12.7. The number of hydrogen-bond acceptors (Lipinski definition) is 6. The molecule has 1 N–H and O–H groups in total. The Morgan fingerprint density at radius 2 is 1.83 bits per heavy atom. The van der Waals surface area contributed by atoms with Crippen LogP contribution in [0.5, 0.6) is 0 Å². The number of carbonyl (C=O) groups is 1. The molecule has 0 amide bonds. The van der Waals surface area contributed by atoms with Crippen LogP contribution in [0.15, 0.2) is 18.2 Å². The number of carbonyl (C=O) groups excluding carboxylic acids is 1. The Morgan fingerprint density at radius 1 is 1.21 bits per heavy atom. The molecule has 1 aromatic carbocycles. The van der Waals surface area contributed by atoms with Crippen molar-refractivity contribution in [2.45, 2.75) is 27.7 Å². The average Bonchev–Trinajstić information content (AvgIpc) is 2.65. The molecule has 3 rings (SSSR count). The SMILES string of the molecule is COC(=O)c1c(C)nc(C)c([P+]2(O)OCC(C)(C)CO2)c1-c1cccc(Cl)c1Cl. The van der Waals surface area contributed by atoms with E-state index in [1.807, 2.05) is 13.8 Å². The van der Waals surface area contributed by atoms with Crippen LogP contribution in [-0.4, -0.2) is 36.2 Å². The maximum Gasteiger partial charge on any atom is 0.448 e. The second kappa shape index (κ2) is 8.10. The molecule has 156 valence electrons. The van der Waals surface area contributed by atoms with Crippen LogP contribution >= 0.6 is 31.1 Å². The lowest BCUT2D eigenvalue weighted by molar-refractivity contribution is 0.0312. The van der Waals surface area contributed by atoms with Crippen LogP contribution in [0.25, 0.3) is 11.1 Å². The maximum absolute atomic E-state index is 12.7. The van der Waals surface area contributed by atoms with Gasteiger partial charge in [0.2, 0.25) is 5.30 Å². The van der Waals surface area contributed by atoms with E-state index >= 15 is 0 Å². The molecule has 6 nitrogen and oxygen atoms in total. The van der Waals surface area contributed by atoms with Crippen LogP contribution in [0.3, 0.4) is 0 Å². The largest absolute Gasteiger partial charge is 0.465 e. The minimum Gasteiger partial charge on any atom is -0.465 e. The molecule has 29 heavy (non-hydrogen) atoms. The van der Waals surface area contributed by atoms with Gasteiger partial charge in [-0.1, -0.05) is 49.2 Å². The van der Waals surface area contributed by atoms with Gasteiger partial charge in [0, 0.05) is 11.0 Å². The zero-order valence-electron chi connectivity index (χ0n) is 16.9. The summed E-state index contributed by atoms with van der Waals surface area (Å²) in [6, 6.07) is 5.08. The van der Waals surface area contributed by atoms with Gasteiger partial charge in [0.25, 0.3) is 0 Å². The Morgan fingerprint density at radius 3 is 2.41 bits per heavy atom. The average molecular weight is 459 g/mol. The molecular formula is C20H23Cl2NO5P+. The summed E-state index contributed by atoms with van der Waals surface area (Å²) in [6.45, 7) is 7.97. The van der Waals surface area contributed by atoms with Gasteiger partial charge in [-0.05, 0) is 19.9 Å². The van der Waals surface area contributed by atoms with Gasteiger partial charge in [-0.2, -0.15) is 13.9 Å². The van der Waals surface area contributed by atoms with E-state index in [0.29, 0.717) is 46.1 Å². The summed E-state index contributed by atoms with van der Waals surface area (Å²) in [5.74, 6) is -0.605. The normalized spacial score (nSPS) is 17.8. The summed E-state index contributed by atoms with van der Waals surface area (Å²) in [5, 5.41) is 0.868. The van der Waals surface area contributed by atoms with Crippen molar-refractivity contribution in [1.82, 2.24) is 4.98 Å². The predicted molar refractivity (Wildman–Crippen MR) is 115 cm³/mol. The monoisotopic (exact) mass is 458 g/mol. The Balaban J connectivity index is 2.37. The number of benzene rings is 1. The molecule has 0 bridgehead atoms. The Kier molecular flexibility index (Phi) is 6.26. The first-order chi connectivity index (χ1) is 13.5. The third-order valence-corrected chi connectivity index (χ3v) is 7.57. The standard InChI is InChI=1S/C20H23Cl2NO5P/c1-11-15(19(24)26-5)16(13-7-6-8-14(21)17(13)22)18(12(2)23-11)29(25)27-9-20(3,4)10-28-29/h6-8,25H,9-10H2,1-5H3/q+1. The lowest BCUT2D eigenvalue weighted by Gasteiger charge is -2.32. The highest BCUT2D eigenvalue weighted by molar-refractivity contribution is 7.69. The molecule has 1 aliphatic rings. The predicted octanol–water partition coefficient (Wildman–Crippen LogP) is 4.91. The number of aromatic nitrogens is 1. The minimum atomic E-state index is -3.54. The van der Waals surface area contributed by atoms with Crippen LogP contribution in [0.2, 0.25) is 10.0 Å². The van der Waals surface area contributed by atoms with Crippen molar-refractivity contribution in [3.63, 3.8) is 0 Å². The summed E-state index contributed by atoms with van der Waals surface area (Å²) in [5.41, 5.74) is 1.68. The van der Waals surface area contributed by atoms with Crippen LogP contribution in [-0.2, 0) is 13.8 Å². The second-order valence-electron chi connectivity index (χ2n) is 7.71. The number of esters is 1. The summed E-state index contributed by atoms with van der Waals surface area (Å²) < 4.78 is 16.7. The third kappa shape index (κ3) is 4.15. The van der Waals surface area contributed by atoms with Gasteiger partial charge in [0.15, 0.2) is 0 Å². The second-order valence-corrected chi connectivity index (χ2v) is 10.5. The summed E-state index contributed by atoms with van der Waals surface area (Å²) in [4.78, 5) is 28.6. The topological polar surface area (TPSA) is 77.9 Å². The zero-order chi connectivity index (χ0) is 21.6. The summed E-state index contributed by atoms with van der Waals surface area (Å²) in [6.07, 6.45) is 0. The molecule has 0 aliphatic carbocycles. The number of hydrogen-bond donors (Lipinski definition) is 1. The molecule has 1 saturated heterocycles. The van der Waals surface area contributed by atoms with Gasteiger partial charge in [0.1, 0.15) is 13.2 Å². The lowest BCUT2D eigenvalue weighted by atomic mass is 9.97. The van der Waals surface area contributed by atoms with Crippen molar-refractivity contribution < 1.29 is 23.5 Å². The number of nitrogens with zero attached hydrogens (tertiary/aromatic N) is 1. The van der Waals surface area contributed by atoms with Crippen LogP contribution in [0.1, 0.15) is 35.6 Å². The van der Waals surface area contributed by atoms with Crippen LogP contribution in [0, 0.1) is 19.3 Å². The van der Waals surface area contributed by atoms with Crippen molar-refractivity contribution in [3.8, 4) is 11.1 Å². The molecule has 0 unspecified atom stereocenters. The van der Waals surface area contributed by atoms with Gasteiger partial charge >= 0.3 is 13.9 Å². The Hall–Kier alpha value is -1.27. The molecule has 1 aliphatic heterocycles. The van der Waals surface area contributed by atoms with E-state index in [-0.39, 0.29) is 16.0 Å². The van der Waals surface area contributed by atoms with Crippen LogP contribution < -0.4 is 5.30 Å². The first kappa shape index (κ1) is 22.4. The van der Waals surface area contributed by atoms with Crippen LogP contribution in [0.4, 0.5) is 0 Å². The van der Waals surface area contributed by atoms with E-state index in [9.17, 15) is 9.69 Å².